The van der Waals surface area contributed by atoms with E-state index in [1.807, 2.05) is 38.1 Å². The Kier molecular flexibility index (Phi) is 6.44. The molecule has 0 saturated carbocycles. The fourth-order valence-corrected chi connectivity index (χ4v) is 3.74. The van der Waals surface area contributed by atoms with Crippen molar-refractivity contribution in [3.63, 3.8) is 0 Å². The molecule has 0 N–H and O–H groups in total. The molecule has 0 aromatic heterocycles. The lowest BCUT2D eigenvalue weighted by atomic mass is 9.71. The minimum Gasteiger partial charge on any atom is -0.496 e. The Hall–Kier alpha value is -2.06. The van der Waals surface area contributed by atoms with E-state index in [-0.39, 0.29) is 24.0 Å². The quantitative estimate of drug-likeness (QED) is 0.736. The smallest absolute Gasteiger partial charge is 0.323 e. The maximum Gasteiger partial charge on any atom is 0.323 e. The number of nitriles is 1. The Bertz CT molecular complexity index is 635. The largest absolute Gasteiger partial charge is 0.496 e. The molecule has 2 rings (SSSR count). The second kappa shape index (κ2) is 8.35. The summed E-state index contributed by atoms with van der Waals surface area (Å²) in [7, 11) is 1.61. The van der Waals surface area contributed by atoms with Crippen LogP contribution in [0.2, 0.25) is 0 Å². The lowest BCUT2D eigenvalue weighted by molar-refractivity contribution is -0.148. The van der Waals surface area contributed by atoms with Gasteiger partial charge in [0.15, 0.2) is 5.92 Å². The third-order valence-electron chi connectivity index (χ3n) is 4.78. The van der Waals surface area contributed by atoms with Crippen LogP contribution in [0.4, 0.5) is 0 Å². The van der Waals surface area contributed by atoms with Crippen LogP contribution in [0.1, 0.15) is 45.1 Å². The van der Waals surface area contributed by atoms with Crippen LogP contribution in [0, 0.1) is 23.2 Å². The molecule has 0 spiro atoms. The number of methoxy groups -OCH3 is 1. The van der Waals surface area contributed by atoms with Crippen LogP contribution in [0.3, 0.4) is 0 Å². The van der Waals surface area contributed by atoms with Crippen molar-refractivity contribution in [3.8, 4) is 11.8 Å². The number of para-hydroxylation sites is 1. The summed E-state index contributed by atoms with van der Waals surface area (Å²) in [5.41, 5.74) is 0.602. The Labute approximate surface area is 149 Å². The molecular formula is C20H27NO4. The normalized spacial score (nSPS) is 21.6. The van der Waals surface area contributed by atoms with Gasteiger partial charge in [-0.25, -0.2) is 0 Å². The molecule has 0 unspecified atom stereocenters. The van der Waals surface area contributed by atoms with Gasteiger partial charge >= 0.3 is 5.97 Å². The van der Waals surface area contributed by atoms with Crippen LogP contribution in [0.15, 0.2) is 24.3 Å². The van der Waals surface area contributed by atoms with Crippen molar-refractivity contribution < 1.29 is 19.0 Å². The van der Waals surface area contributed by atoms with Gasteiger partial charge in [-0.15, -0.1) is 0 Å². The molecule has 136 valence electrons. The van der Waals surface area contributed by atoms with Gasteiger partial charge in [0.2, 0.25) is 0 Å². The number of carbonyl (C=O) groups excluding carboxylic acids is 1. The van der Waals surface area contributed by atoms with Gasteiger partial charge < -0.3 is 14.2 Å². The minimum absolute atomic E-state index is 0.133. The molecule has 1 aliphatic rings. The molecule has 5 nitrogen and oxygen atoms in total. The van der Waals surface area contributed by atoms with Gasteiger partial charge in [-0.1, -0.05) is 18.2 Å². The van der Waals surface area contributed by atoms with E-state index in [0.29, 0.717) is 12.4 Å². The molecule has 0 amide bonds. The molecule has 5 heteroatoms. The minimum atomic E-state index is -0.866. The number of benzene rings is 1. The van der Waals surface area contributed by atoms with Crippen molar-refractivity contribution in [3.05, 3.63) is 29.8 Å². The molecule has 0 aliphatic carbocycles. The Morgan fingerprint density at radius 1 is 1.44 bits per heavy atom. The van der Waals surface area contributed by atoms with Gasteiger partial charge in [0.05, 0.1) is 25.4 Å². The van der Waals surface area contributed by atoms with Gasteiger partial charge in [-0.05, 0) is 51.2 Å². The second-order valence-corrected chi connectivity index (χ2v) is 6.99. The maximum absolute atomic E-state index is 12.5. The summed E-state index contributed by atoms with van der Waals surface area (Å²) in [6.45, 7) is 6.72. The van der Waals surface area contributed by atoms with E-state index in [1.165, 1.54) is 0 Å². The zero-order chi connectivity index (χ0) is 18.4. The first-order valence-electron chi connectivity index (χ1n) is 8.76. The topological polar surface area (TPSA) is 68.6 Å². The maximum atomic E-state index is 12.5. The summed E-state index contributed by atoms with van der Waals surface area (Å²) in [5, 5.41) is 9.76. The molecule has 1 fully saturated rings. The first-order chi connectivity index (χ1) is 11.9. The lowest BCUT2D eigenvalue weighted by Gasteiger charge is -2.40. The number of carbonyl (C=O) groups is 1. The van der Waals surface area contributed by atoms with Crippen molar-refractivity contribution in [1.29, 1.82) is 5.26 Å². The Balaban J connectivity index is 2.47. The fraction of sp³-hybridized carbons (Fsp3) is 0.600. The van der Waals surface area contributed by atoms with Crippen molar-refractivity contribution in [2.24, 2.45) is 11.8 Å². The third kappa shape index (κ3) is 4.52. The summed E-state index contributed by atoms with van der Waals surface area (Å²) in [6, 6.07) is 9.80. The third-order valence-corrected chi connectivity index (χ3v) is 4.78. The average molecular weight is 345 g/mol. The molecule has 25 heavy (non-hydrogen) atoms. The number of hydrogen-bond donors (Lipinski definition) is 0. The molecule has 0 bridgehead atoms. The van der Waals surface area contributed by atoms with Crippen molar-refractivity contribution in [1.82, 2.24) is 0 Å². The molecule has 3 atom stereocenters. The van der Waals surface area contributed by atoms with Crippen LogP contribution >= 0.6 is 0 Å². The van der Waals surface area contributed by atoms with Crippen LogP contribution in [-0.4, -0.2) is 31.9 Å². The zero-order valence-corrected chi connectivity index (χ0v) is 15.5. The van der Waals surface area contributed by atoms with E-state index < -0.39 is 11.9 Å². The first-order valence-corrected chi connectivity index (χ1v) is 8.76. The predicted octanol–water partition coefficient (Wildman–Crippen LogP) is 3.69. The van der Waals surface area contributed by atoms with Crippen LogP contribution in [0.5, 0.6) is 5.75 Å². The van der Waals surface area contributed by atoms with Crippen LogP contribution in [0.25, 0.3) is 0 Å². The number of rotatable bonds is 6. The van der Waals surface area contributed by atoms with Crippen LogP contribution < -0.4 is 4.74 Å². The van der Waals surface area contributed by atoms with E-state index in [9.17, 15) is 10.1 Å². The van der Waals surface area contributed by atoms with E-state index in [2.05, 4.69) is 6.07 Å². The van der Waals surface area contributed by atoms with E-state index >= 15 is 0 Å². The molecule has 1 heterocycles. The highest BCUT2D eigenvalue weighted by molar-refractivity contribution is 5.77. The summed E-state index contributed by atoms with van der Waals surface area (Å²) in [5.74, 6) is -0.792. The zero-order valence-electron chi connectivity index (χ0n) is 15.5. The highest BCUT2D eigenvalue weighted by Crippen LogP contribution is 2.45. The molecular weight excluding hydrogens is 318 g/mol. The van der Waals surface area contributed by atoms with Crippen LogP contribution in [-0.2, 0) is 14.3 Å². The lowest BCUT2D eigenvalue weighted by Crippen LogP contribution is -2.39. The summed E-state index contributed by atoms with van der Waals surface area (Å²) < 4.78 is 16.5. The van der Waals surface area contributed by atoms with Gasteiger partial charge in [0.1, 0.15) is 5.75 Å². The highest BCUT2D eigenvalue weighted by Gasteiger charge is 2.42. The highest BCUT2D eigenvalue weighted by atomic mass is 16.5. The van der Waals surface area contributed by atoms with Gasteiger partial charge in [0.25, 0.3) is 0 Å². The molecule has 0 radical (unpaired) electrons. The van der Waals surface area contributed by atoms with E-state index in [0.717, 1.165) is 18.4 Å². The summed E-state index contributed by atoms with van der Waals surface area (Å²) in [6.07, 6.45) is 1.57. The Morgan fingerprint density at radius 2 is 2.16 bits per heavy atom. The number of nitrogens with zero attached hydrogens (tertiary/aromatic N) is 1. The van der Waals surface area contributed by atoms with Gasteiger partial charge in [-0.2, -0.15) is 5.26 Å². The molecule has 1 aliphatic heterocycles. The standard InChI is InChI=1S/C20H27NO4/c1-5-24-19(22)16(13-21)18(14-10-11-25-20(2,3)12-14)15-8-6-7-9-17(15)23-4/h6-9,14,16,18H,5,10-12H2,1-4H3/t14-,16-,18-/m0/s1. The summed E-state index contributed by atoms with van der Waals surface area (Å²) in [4.78, 5) is 12.5. The predicted molar refractivity (Wildman–Crippen MR) is 94.2 cm³/mol. The van der Waals surface area contributed by atoms with Gasteiger partial charge in [-0.3, -0.25) is 4.79 Å². The van der Waals surface area contributed by atoms with Crippen molar-refractivity contribution >= 4 is 5.97 Å². The molecule has 1 saturated heterocycles. The number of esters is 1. The SMILES string of the molecule is CCOC(=O)[C@@H](C#N)[C@H](c1ccccc1OC)[C@H]1CCOC(C)(C)C1. The first kappa shape index (κ1) is 19.3. The molecule has 1 aromatic carbocycles. The van der Waals surface area contributed by atoms with Gasteiger partial charge in [0, 0.05) is 12.5 Å². The number of hydrogen-bond acceptors (Lipinski definition) is 5. The monoisotopic (exact) mass is 345 g/mol. The average Bonchev–Trinajstić information content (AvgIpc) is 2.58. The number of ether oxygens (including phenoxy) is 3. The molecule has 1 aromatic rings. The second-order valence-electron chi connectivity index (χ2n) is 6.99. The van der Waals surface area contributed by atoms with Crippen molar-refractivity contribution in [2.75, 3.05) is 20.3 Å². The summed E-state index contributed by atoms with van der Waals surface area (Å²) >= 11 is 0. The fourth-order valence-electron chi connectivity index (χ4n) is 3.74. The van der Waals surface area contributed by atoms with E-state index in [1.54, 1.807) is 14.0 Å². The van der Waals surface area contributed by atoms with E-state index in [4.69, 9.17) is 14.2 Å². The van der Waals surface area contributed by atoms with Crippen molar-refractivity contribution in [2.45, 2.75) is 45.1 Å². The Morgan fingerprint density at radius 3 is 2.76 bits per heavy atom.